The minimum Gasteiger partial charge on any atom is -0.465 e. The van der Waals surface area contributed by atoms with Crippen molar-refractivity contribution in [2.24, 2.45) is 0 Å². The summed E-state index contributed by atoms with van der Waals surface area (Å²) in [7, 11) is -0.641. The van der Waals surface area contributed by atoms with Gasteiger partial charge in [-0.25, -0.2) is 4.79 Å². The predicted molar refractivity (Wildman–Crippen MR) is 94.8 cm³/mol. The van der Waals surface area contributed by atoms with Gasteiger partial charge in [0.25, 0.3) is 0 Å². The molecule has 1 aromatic heterocycles. The molecule has 0 spiro atoms. The summed E-state index contributed by atoms with van der Waals surface area (Å²) in [5.41, 5.74) is 5.17. The van der Waals surface area contributed by atoms with Crippen LogP contribution < -0.4 is 11.2 Å². The number of carboxylic acid groups (broad SMARTS) is 1. The summed E-state index contributed by atoms with van der Waals surface area (Å²) < 4.78 is 13.8. The van der Waals surface area contributed by atoms with Crippen LogP contribution in [0.1, 0.15) is 40.5 Å². The fraction of sp³-hybridized carbons (Fsp3) is 0.688. The van der Waals surface area contributed by atoms with Crippen LogP contribution in [0, 0.1) is 11.3 Å². The minimum atomic E-state index is -0.983. The molecule has 0 unspecified atom stereocenters. The van der Waals surface area contributed by atoms with Gasteiger partial charge in [0.05, 0.1) is 35.9 Å². The SMILES string of the molecule is CC1(C)OB(c2cn(C3(CCC#N)CN(C(=O)O)C3)nc2N)OC1(C)C. The molecule has 2 aliphatic rings. The van der Waals surface area contributed by atoms with Gasteiger partial charge in [-0.2, -0.15) is 10.4 Å². The van der Waals surface area contributed by atoms with Crippen LogP contribution in [-0.2, 0) is 14.8 Å². The first-order chi connectivity index (χ1) is 12.0. The van der Waals surface area contributed by atoms with Crippen molar-refractivity contribution in [3.63, 3.8) is 0 Å². The monoisotopic (exact) mass is 361 g/mol. The summed E-state index contributed by atoms with van der Waals surface area (Å²) in [6, 6.07) is 2.12. The lowest BCUT2D eigenvalue weighted by atomic mass is 9.80. The topological polar surface area (TPSA) is 127 Å². The van der Waals surface area contributed by atoms with Crippen molar-refractivity contribution in [1.29, 1.82) is 5.26 Å². The molecule has 0 aromatic carbocycles. The molecule has 26 heavy (non-hydrogen) atoms. The van der Waals surface area contributed by atoms with Crippen molar-refractivity contribution < 1.29 is 19.2 Å². The molecule has 3 heterocycles. The predicted octanol–water partition coefficient (Wildman–Crippen LogP) is 0.757. The second kappa shape index (κ2) is 5.89. The van der Waals surface area contributed by atoms with Crippen LogP contribution >= 0.6 is 0 Å². The lowest BCUT2D eigenvalue weighted by molar-refractivity contribution is 0.00578. The van der Waals surface area contributed by atoms with E-state index in [0.717, 1.165) is 0 Å². The van der Waals surface area contributed by atoms with Crippen molar-refractivity contribution in [2.45, 2.75) is 57.3 Å². The standard InChI is InChI=1S/C16H24BN5O4/c1-14(2)15(3,4)26-17(25-14)11-8-22(20-12(11)19)16(6-5-7-18)9-21(10-16)13(23)24/h8H,5-6,9-10H2,1-4H3,(H2,19,20)(H,23,24). The highest BCUT2D eigenvalue weighted by atomic mass is 16.7. The number of rotatable bonds is 4. The second-order valence-electron chi connectivity index (χ2n) is 8.02. The Morgan fingerprint density at radius 3 is 2.46 bits per heavy atom. The zero-order valence-corrected chi connectivity index (χ0v) is 15.5. The van der Waals surface area contributed by atoms with E-state index in [1.54, 1.807) is 10.9 Å². The molecule has 0 aliphatic carbocycles. The van der Waals surface area contributed by atoms with Crippen LogP contribution in [-0.4, -0.2) is 57.3 Å². The first-order valence-electron chi connectivity index (χ1n) is 8.57. The van der Waals surface area contributed by atoms with E-state index < -0.39 is 30.0 Å². The van der Waals surface area contributed by atoms with Gasteiger partial charge in [-0.15, -0.1) is 0 Å². The van der Waals surface area contributed by atoms with E-state index in [1.165, 1.54) is 4.90 Å². The summed E-state index contributed by atoms with van der Waals surface area (Å²) in [4.78, 5) is 12.5. The summed E-state index contributed by atoms with van der Waals surface area (Å²) in [5, 5.41) is 22.5. The van der Waals surface area contributed by atoms with E-state index in [-0.39, 0.29) is 18.9 Å². The first kappa shape index (κ1) is 18.5. The number of likely N-dealkylation sites (tertiary alicyclic amines) is 1. The molecule has 0 saturated carbocycles. The second-order valence-corrected chi connectivity index (χ2v) is 8.02. The summed E-state index contributed by atoms with van der Waals surface area (Å²) >= 11 is 0. The number of nitriles is 1. The highest BCUT2D eigenvalue weighted by Crippen LogP contribution is 2.38. The number of hydrogen-bond acceptors (Lipinski definition) is 6. The summed E-state index contributed by atoms with van der Waals surface area (Å²) in [5.74, 6) is 0.286. The number of hydrogen-bond donors (Lipinski definition) is 2. The molecule has 2 aliphatic heterocycles. The van der Waals surface area contributed by atoms with Crippen LogP contribution in [0.15, 0.2) is 6.20 Å². The Hall–Kier alpha value is -2.25. The van der Waals surface area contributed by atoms with Gasteiger partial charge in [0.15, 0.2) is 0 Å². The Morgan fingerprint density at radius 2 is 1.96 bits per heavy atom. The number of carbonyl (C=O) groups is 1. The van der Waals surface area contributed by atoms with Crippen molar-refractivity contribution in [3.05, 3.63) is 6.20 Å². The van der Waals surface area contributed by atoms with Gasteiger partial charge in [-0.1, -0.05) is 0 Å². The van der Waals surface area contributed by atoms with E-state index in [1.807, 2.05) is 27.7 Å². The third-order valence-electron chi connectivity index (χ3n) is 5.71. The van der Waals surface area contributed by atoms with E-state index in [2.05, 4.69) is 11.2 Å². The molecule has 1 amide bonds. The largest absolute Gasteiger partial charge is 0.500 e. The molecule has 3 rings (SSSR count). The molecule has 1 aromatic rings. The highest BCUT2D eigenvalue weighted by Gasteiger charge is 2.54. The Labute approximate surface area is 152 Å². The van der Waals surface area contributed by atoms with Gasteiger partial charge in [-0.3, -0.25) is 4.68 Å². The maximum atomic E-state index is 11.2. The maximum Gasteiger partial charge on any atom is 0.500 e. The highest BCUT2D eigenvalue weighted by molar-refractivity contribution is 6.63. The lowest BCUT2D eigenvalue weighted by Crippen LogP contribution is -2.64. The summed E-state index contributed by atoms with van der Waals surface area (Å²) in [6.07, 6.45) is 1.58. The number of nitrogens with zero attached hydrogens (tertiary/aromatic N) is 4. The van der Waals surface area contributed by atoms with Crippen molar-refractivity contribution in [3.8, 4) is 6.07 Å². The van der Waals surface area contributed by atoms with Gasteiger partial charge in [0.1, 0.15) is 5.82 Å². The Balaban J connectivity index is 1.87. The number of nitrogens with two attached hydrogens (primary N) is 1. The van der Waals surface area contributed by atoms with Crippen molar-refractivity contribution in [2.75, 3.05) is 18.8 Å². The van der Waals surface area contributed by atoms with E-state index in [0.29, 0.717) is 18.3 Å². The van der Waals surface area contributed by atoms with Crippen LogP contribution in [0.3, 0.4) is 0 Å². The van der Waals surface area contributed by atoms with E-state index >= 15 is 0 Å². The van der Waals surface area contributed by atoms with Gasteiger partial charge in [-0.05, 0) is 34.1 Å². The fourth-order valence-corrected chi connectivity index (χ4v) is 3.30. The molecule has 2 saturated heterocycles. The number of aromatic nitrogens is 2. The lowest BCUT2D eigenvalue weighted by Gasteiger charge is -2.48. The molecular weight excluding hydrogens is 337 g/mol. The smallest absolute Gasteiger partial charge is 0.465 e. The number of nitrogen functional groups attached to an aromatic ring is 1. The number of amides is 1. The Kier molecular flexibility index (Phi) is 4.20. The average Bonchev–Trinajstić information content (AvgIpc) is 2.95. The van der Waals surface area contributed by atoms with Gasteiger partial charge in [0.2, 0.25) is 0 Å². The third-order valence-corrected chi connectivity index (χ3v) is 5.71. The molecule has 10 heteroatoms. The quantitative estimate of drug-likeness (QED) is 0.758. The van der Waals surface area contributed by atoms with Crippen molar-refractivity contribution in [1.82, 2.24) is 14.7 Å². The molecular formula is C16H24BN5O4. The average molecular weight is 361 g/mol. The zero-order chi connectivity index (χ0) is 19.3. The molecule has 140 valence electrons. The van der Waals surface area contributed by atoms with Crippen molar-refractivity contribution >= 4 is 24.5 Å². The zero-order valence-electron chi connectivity index (χ0n) is 15.5. The normalized spacial score (nSPS) is 22.7. The molecule has 0 atom stereocenters. The van der Waals surface area contributed by atoms with Crippen LogP contribution in [0.4, 0.5) is 10.6 Å². The summed E-state index contributed by atoms with van der Waals surface area (Å²) in [6.45, 7) is 8.37. The Bertz CT molecular complexity index is 747. The van der Waals surface area contributed by atoms with Crippen LogP contribution in [0.25, 0.3) is 0 Å². The van der Waals surface area contributed by atoms with Crippen LogP contribution in [0.5, 0.6) is 0 Å². The molecule has 2 fully saturated rings. The number of anilines is 1. The fourth-order valence-electron chi connectivity index (χ4n) is 3.30. The minimum absolute atomic E-state index is 0.272. The van der Waals surface area contributed by atoms with Gasteiger partial charge >= 0.3 is 13.2 Å². The molecule has 3 N–H and O–H groups in total. The molecule has 0 radical (unpaired) electrons. The van der Waals surface area contributed by atoms with Gasteiger partial charge in [0, 0.05) is 18.1 Å². The van der Waals surface area contributed by atoms with Gasteiger partial charge < -0.3 is 25.0 Å². The first-order valence-corrected chi connectivity index (χ1v) is 8.57. The maximum absolute atomic E-state index is 11.2. The van der Waals surface area contributed by atoms with E-state index in [4.69, 9.17) is 25.4 Å². The molecule has 0 bridgehead atoms. The third kappa shape index (κ3) is 2.81. The van der Waals surface area contributed by atoms with E-state index in [9.17, 15) is 4.79 Å². The molecule has 9 nitrogen and oxygen atoms in total. The Morgan fingerprint density at radius 1 is 1.38 bits per heavy atom. The van der Waals surface area contributed by atoms with Crippen LogP contribution in [0.2, 0.25) is 0 Å².